The standard InChI is InChI=1S/C28H33ClN8O/c1-6-22(38)34-10-7-19(8-11-34)37-18(3)23(24-20-16-31-32-21(20)15-17(2)25(24)29)26(33-37)36-14-13-35-12-9-30-27(35)28(36,4)5/h6,9,12,15-16,19H,1,7-8,10-11,13-14H2,2-5H3,(H,31,32). The monoisotopic (exact) mass is 532 g/mol. The van der Waals surface area contributed by atoms with E-state index in [4.69, 9.17) is 21.7 Å². The van der Waals surface area contributed by atoms with Gasteiger partial charge in [-0.3, -0.25) is 14.6 Å². The number of nitrogens with one attached hydrogen (secondary N) is 1. The van der Waals surface area contributed by atoms with Gasteiger partial charge in [0.2, 0.25) is 5.91 Å². The van der Waals surface area contributed by atoms with Crippen molar-refractivity contribution in [2.45, 2.75) is 58.7 Å². The number of likely N-dealkylation sites (tertiary alicyclic amines) is 1. The fourth-order valence-corrected chi connectivity index (χ4v) is 6.49. The highest BCUT2D eigenvalue weighted by Crippen LogP contribution is 2.47. The van der Waals surface area contributed by atoms with Gasteiger partial charge in [-0.15, -0.1) is 0 Å². The largest absolute Gasteiger partial charge is 0.340 e. The molecule has 1 amide bonds. The van der Waals surface area contributed by atoms with Crippen LogP contribution in [0.15, 0.2) is 37.3 Å². The Morgan fingerprint density at radius 1 is 1.18 bits per heavy atom. The highest BCUT2D eigenvalue weighted by molar-refractivity contribution is 6.36. The smallest absolute Gasteiger partial charge is 0.245 e. The number of piperidine rings is 1. The van der Waals surface area contributed by atoms with Crippen molar-refractivity contribution in [3.8, 4) is 11.1 Å². The van der Waals surface area contributed by atoms with Crippen molar-refractivity contribution >= 4 is 34.2 Å². The van der Waals surface area contributed by atoms with Gasteiger partial charge in [0.1, 0.15) is 5.82 Å². The lowest BCUT2D eigenvalue weighted by Crippen LogP contribution is -2.49. The lowest BCUT2D eigenvalue weighted by Gasteiger charge is -2.43. The molecule has 2 aliphatic heterocycles. The summed E-state index contributed by atoms with van der Waals surface area (Å²) in [5, 5.41) is 14.5. The zero-order chi connectivity index (χ0) is 26.8. The number of rotatable bonds is 4. The molecule has 1 aromatic carbocycles. The topological polar surface area (TPSA) is 87.9 Å². The first kappa shape index (κ1) is 24.7. The molecule has 0 saturated carbocycles. The molecule has 198 valence electrons. The second-order valence-corrected chi connectivity index (χ2v) is 11.2. The Bertz CT molecular complexity index is 1550. The maximum absolute atomic E-state index is 12.2. The van der Waals surface area contributed by atoms with E-state index in [1.54, 1.807) is 0 Å². The summed E-state index contributed by atoms with van der Waals surface area (Å²) in [5.74, 6) is 1.91. The Hall–Kier alpha value is -3.59. The Kier molecular flexibility index (Phi) is 5.86. The van der Waals surface area contributed by atoms with E-state index in [0.717, 1.165) is 70.9 Å². The molecular formula is C28H33ClN8O. The zero-order valence-corrected chi connectivity index (χ0v) is 23.1. The van der Waals surface area contributed by atoms with Crippen LogP contribution in [0.2, 0.25) is 5.02 Å². The van der Waals surface area contributed by atoms with Gasteiger partial charge in [-0.25, -0.2) is 4.98 Å². The van der Waals surface area contributed by atoms with Crippen LogP contribution >= 0.6 is 11.6 Å². The molecule has 0 bridgehead atoms. The molecule has 0 aliphatic carbocycles. The first-order valence-electron chi connectivity index (χ1n) is 13.1. The number of imidazole rings is 1. The van der Waals surface area contributed by atoms with Gasteiger partial charge in [0.05, 0.1) is 28.3 Å². The average Bonchev–Trinajstić information content (AvgIpc) is 3.64. The highest BCUT2D eigenvalue weighted by Gasteiger charge is 2.40. The molecule has 10 heteroatoms. The lowest BCUT2D eigenvalue weighted by atomic mass is 9.94. The van der Waals surface area contributed by atoms with E-state index in [1.807, 2.05) is 36.5 Å². The number of anilines is 1. The van der Waals surface area contributed by atoms with E-state index < -0.39 is 0 Å². The minimum Gasteiger partial charge on any atom is -0.340 e. The van der Waals surface area contributed by atoms with Crippen molar-refractivity contribution in [2.24, 2.45) is 0 Å². The molecule has 38 heavy (non-hydrogen) atoms. The van der Waals surface area contributed by atoms with Crippen molar-refractivity contribution in [1.82, 2.24) is 34.4 Å². The third-order valence-electron chi connectivity index (χ3n) is 8.30. The molecule has 2 aliphatic rings. The van der Waals surface area contributed by atoms with E-state index in [-0.39, 0.29) is 17.5 Å². The summed E-state index contributed by atoms with van der Waals surface area (Å²) in [7, 11) is 0. The number of H-pyrrole nitrogens is 1. The number of nitrogens with zero attached hydrogens (tertiary/aromatic N) is 7. The molecule has 6 rings (SSSR count). The number of fused-ring (bicyclic) bond motifs is 2. The van der Waals surface area contributed by atoms with E-state index in [2.05, 4.69) is 51.7 Å². The predicted molar refractivity (Wildman–Crippen MR) is 149 cm³/mol. The first-order valence-corrected chi connectivity index (χ1v) is 13.5. The van der Waals surface area contributed by atoms with E-state index in [9.17, 15) is 4.79 Å². The normalized spacial score (nSPS) is 17.7. The van der Waals surface area contributed by atoms with Gasteiger partial charge in [-0.1, -0.05) is 18.2 Å². The number of carbonyl (C=O) groups is 1. The van der Waals surface area contributed by atoms with E-state index in [0.29, 0.717) is 18.1 Å². The van der Waals surface area contributed by atoms with E-state index >= 15 is 0 Å². The van der Waals surface area contributed by atoms with Gasteiger partial charge in [0.15, 0.2) is 5.82 Å². The quantitative estimate of drug-likeness (QED) is 0.374. The van der Waals surface area contributed by atoms with Crippen LogP contribution in [0.3, 0.4) is 0 Å². The van der Waals surface area contributed by atoms with Crippen LogP contribution in [-0.4, -0.2) is 60.0 Å². The van der Waals surface area contributed by atoms with Gasteiger partial charge in [0, 0.05) is 60.8 Å². The van der Waals surface area contributed by atoms with Gasteiger partial charge in [-0.05, 0) is 58.2 Å². The predicted octanol–water partition coefficient (Wildman–Crippen LogP) is 5.00. The van der Waals surface area contributed by atoms with Crippen LogP contribution in [0.4, 0.5) is 5.82 Å². The van der Waals surface area contributed by atoms with Gasteiger partial charge in [-0.2, -0.15) is 10.2 Å². The molecule has 9 nitrogen and oxygen atoms in total. The number of benzene rings is 1. The molecule has 1 saturated heterocycles. The third-order valence-corrected chi connectivity index (χ3v) is 8.79. The Morgan fingerprint density at radius 2 is 1.95 bits per heavy atom. The molecule has 5 heterocycles. The second kappa shape index (κ2) is 9.01. The molecule has 0 atom stereocenters. The second-order valence-electron chi connectivity index (χ2n) is 10.9. The van der Waals surface area contributed by atoms with Crippen molar-refractivity contribution in [3.63, 3.8) is 0 Å². The summed E-state index contributed by atoms with van der Waals surface area (Å²) in [6.07, 6.45) is 8.83. The lowest BCUT2D eigenvalue weighted by molar-refractivity contribution is -0.127. The fourth-order valence-electron chi connectivity index (χ4n) is 6.24. The molecule has 3 aromatic heterocycles. The Balaban J connectivity index is 1.53. The number of aromatic amines is 1. The minimum atomic E-state index is -0.381. The Morgan fingerprint density at radius 3 is 2.68 bits per heavy atom. The van der Waals surface area contributed by atoms with Crippen molar-refractivity contribution in [1.29, 1.82) is 0 Å². The van der Waals surface area contributed by atoms with Gasteiger partial charge in [0.25, 0.3) is 0 Å². The number of hydrogen-bond acceptors (Lipinski definition) is 5. The van der Waals surface area contributed by atoms with Crippen LogP contribution in [0.25, 0.3) is 22.0 Å². The van der Waals surface area contributed by atoms with Crippen LogP contribution in [0, 0.1) is 13.8 Å². The van der Waals surface area contributed by atoms with Gasteiger partial charge < -0.3 is 14.4 Å². The van der Waals surface area contributed by atoms with Crippen molar-refractivity contribution in [2.75, 3.05) is 24.5 Å². The van der Waals surface area contributed by atoms with Crippen LogP contribution in [0.5, 0.6) is 0 Å². The van der Waals surface area contributed by atoms with Gasteiger partial charge >= 0.3 is 0 Å². The molecule has 4 aromatic rings. The molecule has 0 unspecified atom stereocenters. The SMILES string of the molecule is C=CC(=O)N1CCC(n2nc(N3CCn4ccnc4C3(C)C)c(-c3c(Cl)c(C)cc4[nH]ncc34)c2C)CC1. The van der Waals surface area contributed by atoms with Crippen LogP contribution < -0.4 is 4.90 Å². The number of aromatic nitrogens is 6. The maximum atomic E-state index is 12.2. The Labute approximate surface area is 227 Å². The zero-order valence-electron chi connectivity index (χ0n) is 22.3. The molecule has 1 fully saturated rings. The number of carbonyl (C=O) groups excluding carboxylic acids is 1. The number of amides is 1. The third kappa shape index (κ3) is 3.66. The fraction of sp³-hybridized carbons (Fsp3) is 0.429. The van der Waals surface area contributed by atoms with Crippen molar-refractivity contribution < 1.29 is 4.79 Å². The number of halogens is 1. The summed E-state index contributed by atoms with van der Waals surface area (Å²) in [6, 6.07) is 2.22. The van der Waals surface area contributed by atoms with E-state index in [1.165, 1.54) is 6.08 Å². The summed E-state index contributed by atoms with van der Waals surface area (Å²) < 4.78 is 4.39. The molecular weight excluding hydrogens is 500 g/mol. The minimum absolute atomic E-state index is 0.0125. The molecule has 1 N–H and O–H groups in total. The summed E-state index contributed by atoms with van der Waals surface area (Å²) in [6.45, 7) is 15.2. The number of aryl methyl sites for hydroxylation is 1. The number of hydrogen-bond donors (Lipinski definition) is 1. The van der Waals surface area contributed by atoms with Crippen LogP contribution in [0.1, 0.15) is 49.8 Å². The van der Waals surface area contributed by atoms with Crippen LogP contribution in [-0.2, 0) is 16.9 Å². The summed E-state index contributed by atoms with van der Waals surface area (Å²) in [5.41, 5.74) is 4.60. The average molecular weight is 533 g/mol. The van der Waals surface area contributed by atoms with Crippen molar-refractivity contribution in [3.05, 3.63) is 59.4 Å². The highest BCUT2D eigenvalue weighted by atomic mass is 35.5. The summed E-state index contributed by atoms with van der Waals surface area (Å²) >= 11 is 7.08. The molecule has 0 radical (unpaired) electrons. The maximum Gasteiger partial charge on any atom is 0.245 e. The molecule has 0 spiro atoms. The first-order chi connectivity index (χ1) is 18.2. The summed E-state index contributed by atoms with van der Waals surface area (Å²) in [4.78, 5) is 21.1.